The van der Waals surface area contributed by atoms with Gasteiger partial charge in [0.15, 0.2) is 0 Å². The number of nitro groups is 1. The van der Waals surface area contributed by atoms with E-state index in [-0.39, 0.29) is 5.69 Å². The van der Waals surface area contributed by atoms with Gasteiger partial charge in [-0.15, -0.1) is 0 Å². The van der Waals surface area contributed by atoms with E-state index >= 15 is 0 Å². The number of non-ortho nitro benzene ring substituents is 1. The molecule has 7 nitrogen and oxygen atoms in total. The highest BCUT2D eigenvalue weighted by Crippen LogP contribution is 2.24. The van der Waals surface area contributed by atoms with Crippen LogP contribution in [0.3, 0.4) is 0 Å². The van der Waals surface area contributed by atoms with Crippen molar-refractivity contribution in [2.24, 2.45) is 0 Å². The quantitative estimate of drug-likeness (QED) is 0.658. The van der Waals surface area contributed by atoms with Crippen molar-refractivity contribution in [2.45, 2.75) is 13.0 Å². The second-order valence-electron chi connectivity index (χ2n) is 4.90. The lowest BCUT2D eigenvalue weighted by atomic mass is 10.1. The summed E-state index contributed by atoms with van der Waals surface area (Å²) >= 11 is 0. The zero-order valence-electron chi connectivity index (χ0n) is 13.0. The summed E-state index contributed by atoms with van der Waals surface area (Å²) in [5, 5.41) is 13.0. The number of hydrogen-bond acceptors (Lipinski definition) is 5. The summed E-state index contributed by atoms with van der Waals surface area (Å²) in [6.45, 7) is 1.59. The molecule has 0 aliphatic heterocycles. The number of amides is 1. The van der Waals surface area contributed by atoms with Crippen LogP contribution in [0.4, 0.5) is 20.6 Å². The molecule has 0 aliphatic carbocycles. The molecule has 0 aromatic heterocycles. The van der Waals surface area contributed by atoms with Crippen molar-refractivity contribution < 1.29 is 23.6 Å². The maximum absolute atomic E-state index is 13.5. The first-order chi connectivity index (χ1) is 11.4. The van der Waals surface area contributed by atoms with E-state index in [9.17, 15) is 19.3 Å². The number of ether oxygens (including phenoxy) is 2. The van der Waals surface area contributed by atoms with Gasteiger partial charge in [-0.1, -0.05) is 0 Å². The number of carbonyl (C=O) groups is 1. The van der Waals surface area contributed by atoms with Crippen LogP contribution in [0.2, 0.25) is 0 Å². The normalized spacial score (nSPS) is 11.5. The van der Waals surface area contributed by atoms with Gasteiger partial charge in [-0.3, -0.25) is 15.4 Å². The van der Waals surface area contributed by atoms with Gasteiger partial charge in [-0.25, -0.2) is 9.18 Å². The lowest BCUT2D eigenvalue weighted by Gasteiger charge is -2.15. The first-order valence-electron chi connectivity index (χ1n) is 6.95. The van der Waals surface area contributed by atoms with Crippen LogP contribution in [-0.2, 0) is 4.74 Å². The summed E-state index contributed by atoms with van der Waals surface area (Å²) in [5.74, 6) is -0.188. The number of rotatable bonds is 5. The molecule has 0 fully saturated rings. The number of methoxy groups -OCH3 is 1. The van der Waals surface area contributed by atoms with Crippen LogP contribution < -0.4 is 10.1 Å². The molecule has 0 radical (unpaired) electrons. The highest BCUT2D eigenvalue weighted by molar-refractivity contribution is 5.84. The van der Waals surface area contributed by atoms with Crippen LogP contribution in [0.25, 0.3) is 0 Å². The topological polar surface area (TPSA) is 90.7 Å². The Morgan fingerprint density at radius 3 is 2.50 bits per heavy atom. The lowest BCUT2D eigenvalue weighted by molar-refractivity contribution is -0.384. The Bertz CT molecular complexity index is 749. The Balaban J connectivity index is 2.01. The summed E-state index contributed by atoms with van der Waals surface area (Å²) in [4.78, 5) is 21.9. The Morgan fingerprint density at radius 1 is 1.25 bits per heavy atom. The van der Waals surface area contributed by atoms with Crippen molar-refractivity contribution in [1.29, 1.82) is 0 Å². The van der Waals surface area contributed by atoms with Crippen LogP contribution in [0.15, 0.2) is 42.5 Å². The fourth-order valence-electron chi connectivity index (χ4n) is 1.98. The minimum Gasteiger partial charge on any atom is -0.497 e. The SMILES string of the molecule is COc1cc(F)cc(C(C)OC(=O)Nc2ccc([N+](=O)[O-])cc2)c1. The predicted molar refractivity (Wildman–Crippen MR) is 84.6 cm³/mol. The maximum Gasteiger partial charge on any atom is 0.412 e. The number of carbonyl (C=O) groups excluding carboxylic acids is 1. The molecule has 24 heavy (non-hydrogen) atoms. The molecule has 2 aromatic rings. The molecule has 1 amide bonds. The molecule has 8 heteroatoms. The summed E-state index contributed by atoms with van der Waals surface area (Å²) < 4.78 is 23.6. The smallest absolute Gasteiger partial charge is 0.412 e. The Kier molecular flexibility index (Phi) is 5.31. The molecule has 1 N–H and O–H groups in total. The third-order valence-electron chi connectivity index (χ3n) is 3.21. The monoisotopic (exact) mass is 334 g/mol. The van der Waals surface area contributed by atoms with Gasteiger partial charge in [0.2, 0.25) is 0 Å². The van der Waals surface area contributed by atoms with Crippen LogP contribution in [0.1, 0.15) is 18.6 Å². The minimum absolute atomic E-state index is 0.0888. The Labute approximate surface area is 137 Å². The highest BCUT2D eigenvalue weighted by Gasteiger charge is 2.14. The van der Waals surface area contributed by atoms with Crippen LogP contribution >= 0.6 is 0 Å². The van der Waals surface area contributed by atoms with Gasteiger partial charge < -0.3 is 9.47 Å². The molecule has 1 atom stereocenters. The first kappa shape index (κ1) is 17.2. The molecule has 0 bridgehead atoms. The predicted octanol–water partition coefficient (Wildman–Crippen LogP) is 4.05. The average molecular weight is 334 g/mol. The zero-order chi connectivity index (χ0) is 17.7. The van der Waals surface area contributed by atoms with E-state index in [4.69, 9.17) is 9.47 Å². The minimum atomic E-state index is -0.764. The van der Waals surface area contributed by atoms with Gasteiger partial charge in [0.25, 0.3) is 5.69 Å². The zero-order valence-corrected chi connectivity index (χ0v) is 13.0. The van der Waals surface area contributed by atoms with Crippen molar-refractivity contribution in [3.63, 3.8) is 0 Å². The number of nitrogens with one attached hydrogen (secondary N) is 1. The summed E-state index contributed by atoms with van der Waals surface area (Å²) in [7, 11) is 1.41. The van der Waals surface area contributed by atoms with Gasteiger partial charge in [0, 0.05) is 23.9 Å². The van der Waals surface area contributed by atoms with Crippen molar-refractivity contribution in [3.05, 3.63) is 64.0 Å². The Hall–Kier alpha value is -3.16. The molecule has 0 spiro atoms. The molecule has 0 heterocycles. The molecule has 1 unspecified atom stereocenters. The van der Waals surface area contributed by atoms with E-state index in [1.54, 1.807) is 13.0 Å². The van der Waals surface area contributed by atoms with Gasteiger partial charge in [-0.2, -0.15) is 0 Å². The van der Waals surface area contributed by atoms with Crippen molar-refractivity contribution in [3.8, 4) is 5.75 Å². The van der Waals surface area contributed by atoms with E-state index in [0.717, 1.165) is 0 Å². The van der Waals surface area contributed by atoms with Gasteiger partial charge in [0.05, 0.1) is 12.0 Å². The molecular weight excluding hydrogens is 319 g/mol. The van der Waals surface area contributed by atoms with Crippen molar-refractivity contribution in [1.82, 2.24) is 0 Å². The molecule has 0 saturated heterocycles. The van der Waals surface area contributed by atoms with Gasteiger partial charge in [0.1, 0.15) is 17.7 Å². The second kappa shape index (κ2) is 7.40. The number of nitro benzene ring substituents is 1. The second-order valence-corrected chi connectivity index (χ2v) is 4.90. The van der Waals surface area contributed by atoms with E-state index in [1.165, 1.54) is 43.5 Å². The van der Waals surface area contributed by atoms with E-state index in [0.29, 0.717) is 17.0 Å². The third-order valence-corrected chi connectivity index (χ3v) is 3.21. The van der Waals surface area contributed by atoms with Crippen LogP contribution in [-0.4, -0.2) is 18.1 Å². The number of nitrogens with zero attached hydrogens (tertiary/aromatic N) is 1. The van der Waals surface area contributed by atoms with Crippen LogP contribution in [0, 0.1) is 15.9 Å². The van der Waals surface area contributed by atoms with E-state index in [2.05, 4.69) is 5.32 Å². The number of anilines is 1. The lowest BCUT2D eigenvalue weighted by Crippen LogP contribution is -2.16. The number of hydrogen-bond donors (Lipinski definition) is 1. The number of halogens is 1. The first-order valence-corrected chi connectivity index (χ1v) is 6.95. The summed E-state index contributed by atoms with van der Waals surface area (Å²) in [6, 6.07) is 9.31. The van der Waals surface area contributed by atoms with E-state index < -0.39 is 22.9 Å². The van der Waals surface area contributed by atoms with E-state index in [1.807, 2.05) is 0 Å². The third kappa shape index (κ3) is 4.42. The molecule has 2 aromatic carbocycles. The average Bonchev–Trinajstić information content (AvgIpc) is 2.54. The fraction of sp³-hybridized carbons (Fsp3) is 0.188. The standard InChI is InChI=1S/C16H15FN2O5/c1-10(11-7-12(17)9-15(8-11)23-2)24-16(20)18-13-3-5-14(6-4-13)19(21)22/h3-10H,1-2H3,(H,18,20). The van der Waals surface area contributed by atoms with Crippen molar-refractivity contribution >= 4 is 17.5 Å². The highest BCUT2D eigenvalue weighted by atomic mass is 19.1. The molecule has 126 valence electrons. The van der Waals surface area contributed by atoms with Crippen LogP contribution in [0.5, 0.6) is 5.75 Å². The number of benzene rings is 2. The largest absolute Gasteiger partial charge is 0.497 e. The summed E-state index contributed by atoms with van der Waals surface area (Å²) in [6.07, 6.45) is -1.48. The summed E-state index contributed by atoms with van der Waals surface area (Å²) in [5.41, 5.74) is 0.689. The van der Waals surface area contributed by atoms with Gasteiger partial charge >= 0.3 is 6.09 Å². The Morgan fingerprint density at radius 2 is 1.92 bits per heavy atom. The molecule has 0 aliphatic rings. The van der Waals surface area contributed by atoms with Crippen molar-refractivity contribution in [2.75, 3.05) is 12.4 Å². The molecule has 2 rings (SSSR count). The fourth-order valence-corrected chi connectivity index (χ4v) is 1.98. The maximum atomic E-state index is 13.5. The molecule has 0 saturated carbocycles. The molecular formula is C16H15FN2O5. The van der Waals surface area contributed by atoms with Gasteiger partial charge in [-0.05, 0) is 36.8 Å².